The molecule has 4 heteroatoms. The first kappa shape index (κ1) is 13.9. The first-order valence-electron chi connectivity index (χ1n) is 7.42. The highest BCUT2D eigenvalue weighted by Crippen LogP contribution is 2.28. The van der Waals surface area contributed by atoms with Crippen LogP contribution in [0.4, 0.5) is 0 Å². The zero-order valence-corrected chi connectivity index (χ0v) is 12.5. The molecule has 3 nitrogen and oxygen atoms in total. The summed E-state index contributed by atoms with van der Waals surface area (Å²) in [5.74, 6) is 1.17. The second-order valence-corrected chi connectivity index (χ2v) is 6.11. The van der Waals surface area contributed by atoms with Gasteiger partial charge in [-0.15, -0.1) is 11.6 Å². The molecule has 108 valence electrons. The summed E-state index contributed by atoms with van der Waals surface area (Å²) >= 11 is 5.77. The molecular weight excluding hydrogens is 272 g/mol. The third kappa shape index (κ3) is 2.84. The van der Waals surface area contributed by atoms with Crippen molar-refractivity contribution in [2.75, 3.05) is 38.6 Å². The summed E-state index contributed by atoms with van der Waals surface area (Å²) in [5.41, 5.74) is 2.71. The van der Waals surface area contributed by atoms with E-state index in [1.54, 1.807) is 0 Å². The molecule has 0 saturated carbocycles. The molecule has 0 atom stereocenters. The number of hydrogen-bond donors (Lipinski definition) is 0. The van der Waals surface area contributed by atoms with E-state index in [-0.39, 0.29) is 5.92 Å². The largest absolute Gasteiger partial charge is 0.340 e. The van der Waals surface area contributed by atoms with Crippen molar-refractivity contribution in [3.63, 3.8) is 0 Å². The fourth-order valence-electron chi connectivity index (χ4n) is 3.30. The molecule has 1 aliphatic heterocycles. The van der Waals surface area contributed by atoms with Gasteiger partial charge in [-0.05, 0) is 24.0 Å². The minimum absolute atomic E-state index is 0.159. The van der Waals surface area contributed by atoms with Gasteiger partial charge in [-0.2, -0.15) is 0 Å². The number of nitrogens with zero attached hydrogens (tertiary/aromatic N) is 2. The second kappa shape index (κ2) is 6.15. The van der Waals surface area contributed by atoms with E-state index in [4.69, 9.17) is 11.6 Å². The first-order chi connectivity index (χ1) is 9.78. The first-order valence-corrected chi connectivity index (χ1v) is 7.95. The lowest BCUT2D eigenvalue weighted by Gasteiger charge is -2.35. The molecule has 0 aromatic heterocycles. The van der Waals surface area contributed by atoms with E-state index in [0.717, 1.165) is 45.6 Å². The van der Waals surface area contributed by atoms with Crippen molar-refractivity contribution in [3.05, 3.63) is 35.4 Å². The van der Waals surface area contributed by atoms with Crippen molar-refractivity contribution in [3.8, 4) is 0 Å². The van der Waals surface area contributed by atoms with Crippen LogP contribution < -0.4 is 0 Å². The summed E-state index contributed by atoms with van der Waals surface area (Å²) in [7, 11) is 0. The number of alkyl halides is 1. The molecule has 0 bridgehead atoms. The number of benzene rings is 1. The summed E-state index contributed by atoms with van der Waals surface area (Å²) in [6.07, 6.45) is 1.83. The average Bonchev–Trinajstić information content (AvgIpc) is 2.91. The maximum absolute atomic E-state index is 12.6. The van der Waals surface area contributed by atoms with E-state index in [9.17, 15) is 4.79 Å². The molecule has 3 rings (SSSR count). The van der Waals surface area contributed by atoms with Crippen LogP contribution in [-0.2, 0) is 17.6 Å². The van der Waals surface area contributed by atoms with Gasteiger partial charge in [0.1, 0.15) is 0 Å². The van der Waals surface area contributed by atoms with E-state index in [0.29, 0.717) is 11.8 Å². The number of fused-ring (bicyclic) bond motifs is 1. The molecule has 0 radical (unpaired) electrons. The van der Waals surface area contributed by atoms with Gasteiger partial charge in [-0.3, -0.25) is 9.69 Å². The monoisotopic (exact) mass is 292 g/mol. The number of amides is 1. The predicted octanol–water partition coefficient (Wildman–Crippen LogP) is 1.78. The molecule has 1 fully saturated rings. The van der Waals surface area contributed by atoms with E-state index in [1.165, 1.54) is 11.1 Å². The Morgan fingerprint density at radius 2 is 1.70 bits per heavy atom. The number of carbonyl (C=O) groups excluding carboxylic acids is 1. The Labute approximate surface area is 125 Å². The van der Waals surface area contributed by atoms with Gasteiger partial charge in [0.2, 0.25) is 5.91 Å². The lowest BCUT2D eigenvalue weighted by molar-refractivity contribution is -0.137. The lowest BCUT2D eigenvalue weighted by Crippen LogP contribution is -2.50. The summed E-state index contributed by atoms with van der Waals surface area (Å²) in [5, 5.41) is 0. The molecule has 0 N–H and O–H groups in total. The van der Waals surface area contributed by atoms with Crippen molar-refractivity contribution < 1.29 is 4.79 Å². The zero-order valence-electron chi connectivity index (χ0n) is 11.7. The maximum atomic E-state index is 12.6. The number of piperazine rings is 1. The van der Waals surface area contributed by atoms with Crippen molar-refractivity contribution in [2.24, 2.45) is 5.92 Å². The van der Waals surface area contributed by atoms with Crippen LogP contribution in [0.25, 0.3) is 0 Å². The van der Waals surface area contributed by atoms with Gasteiger partial charge in [-0.25, -0.2) is 0 Å². The highest BCUT2D eigenvalue weighted by molar-refractivity contribution is 6.18. The molecule has 2 aliphatic rings. The molecule has 1 amide bonds. The van der Waals surface area contributed by atoms with E-state index in [1.807, 2.05) is 4.90 Å². The number of carbonyl (C=O) groups is 1. The summed E-state index contributed by atoms with van der Waals surface area (Å²) in [6, 6.07) is 8.44. The van der Waals surface area contributed by atoms with Crippen molar-refractivity contribution in [1.29, 1.82) is 0 Å². The Morgan fingerprint density at radius 1 is 1.10 bits per heavy atom. The Kier molecular flexibility index (Phi) is 4.27. The van der Waals surface area contributed by atoms with E-state index >= 15 is 0 Å². The van der Waals surface area contributed by atoms with Gasteiger partial charge < -0.3 is 4.90 Å². The SMILES string of the molecule is O=C(C1Cc2ccccc2C1)N1CCN(CCCl)CC1. The molecule has 0 unspecified atom stereocenters. The summed E-state index contributed by atoms with van der Waals surface area (Å²) in [4.78, 5) is 17.0. The lowest BCUT2D eigenvalue weighted by atomic mass is 10.0. The van der Waals surface area contributed by atoms with Crippen LogP contribution in [0.15, 0.2) is 24.3 Å². The Hall–Kier alpha value is -1.06. The summed E-state index contributed by atoms with van der Waals surface area (Å²) in [6.45, 7) is 4.54. The predicted molar refractivity (Wildman–Crippen MR) is 81.1 cm³/mol. The van der Waals surface area contributed by atoms with Crippen LogP contribution in [0.5, 0.6) is 0 Å². The second-order valence-electron chi connectivity index (χ2n) is 5.73. The summed E-state index contributed by atoms with van der Waals surface area (Å²) < 4.78 is 0. The molecular formula is C16H21ClN2O. The minimum Gasteiger partial charge on any atom is -0.340 e. The van der Waals surface area contributed by atoms with Gasteiger partial charge >= 0.3 is 0 Å². The third-order valence-electron chi connectivity index (χ3n) is 4.48. The van der Waals surface area contributed by atoms with Crippen molar-refractivity contribution >= 4 is 17.5 Å². The van der Waals surface area contributed by atoms with Crippen LogP contribution in [-0.4, -0.2) is 54.3 Å². The number of rotatable bonds is 3. The van der Waals surface area contributed by atoms with Gasteiger partial charge in [0.15, 0.2) is 0 Å². The van der Waals surface area contributed by atoms with Crippen LogP contribution in [0.2, 0.25) is 0 Å². The maximum Gasteiger partial charge on any atom is 0.226 e. The van der Waals surface area contributed by atoms with Crippen LogP contribution in [0.1, 0.15) is 11.1 Å². The Morgan fingerprint density at radius 3 is 2.25 bits per heavy atom. The van der Waals surface area contributed by atoms with Crippen molar-refractivity contribution in [1.82, 2.24) is 9.80 Å². The van der Waals surface area contributed by atoms with Crippen LogP contribution in [0, 0.1) is 5.92 Å². The smallest absolute Gasteiger partial charge is 0.226 e. The van der Waals surface area contributed by atoms with Crippen LogP contribution in [0.3, 0.4) is 0 Å². The Bertz CT molecular complexity index is 458. The quantitative estimate of drug-likeness (QED) is 0.793. The zero-order chi connectivity index (χ0) is 13.9. The van der Waals surface area contributed by atoms with Crippen LogP contribution >= 0.6 is 11.6 Å². The minimum atomic E-state index is 0.159. The topological polar surface area (TPSA) is 23.6 Å². The Balaban J connectivity index is 1.56. The fraction of sp³-hybridized carbons (Fsp3) is 0.562. The molecule has 1 heterocycles. The van der Waals surface area contributed by atoms with Crippen molar-refractivity contribution in [2.45, 2.75) is 12.8 Å². The van der Waals surface area contributed by atoms with Gasteiger partial charge in [-0.1, -0.05) is 24.3 Å². The number of halogens is 1. The van der Waals surface area contributed by atoms with Gasteiger partial charge in [0, 0.05) is 44.5 Å². The normalized spacial score (nSPS) is 20.1. The third-order valence-corrected chi connectivity index (χ3v) is 4.65. The standard InChI is InChI=1S/C16H21ClN2O/c17-5-6-18-7-9-19(10-8-18)16(20)15-11-13-3-1-2-4-14(13)12-15/h1-4,15H,5-12H2. The van der Waals surface area contributed by atoms with E-state index < -0.39 is 0 Å². The molecule has 1 aliphatic carbocycles. The van der Waals surface area contributed by atoms with E-state index in [2.05, 4.69) is 29.2 Å². The molecule has 0 spiro atoms. The fourth-order valence-corrected chi connectivity index (χ4v) is 3.54. The molecule has 1 aromatic rings. The molecule has 20 heavy (non-hydrogen) atoms. The highest BCUT2D eigenvalue weighted by atomic mass is 35.5. The van der Waals surface area contributed by atoms with Gasteiger partial charge in [0.25, 0.3) is 0 Å². The van der Waals surface area contributed by atoms with Gasteiger partial charge in [0.05, 0.1) is 0 Å². The highest BCUT2D eigenvalue weighted by Gasteiger charge is 2.31. The molecule has 1 aromatic carbocycles. The number of hydrogen-bond acceptors (Lipinski definition) is 2. The molecule has 1 saturated heterocycles. The average molecular weight is 293 g/mol.